The number of nitrogens with zero attached hydrogens (tertiary/aromatic N) is 2. The number of hydrogen-bond acceptors (Lipinski definition) is 3. The lowest BCUT2D eigenvalue weighted by atomic mass is 10.1. The van der Waals surface area contributed by atoms with Crippen molar-refractivity contribution in [1.82, 2.24) is 14.9 Å². The van der Waals surface area contributed by atoms with Crippen molar-refractivity contribution in [3.63, 3.8) is 0 Å². The molecular weight excluding hydrogens is 422 g/mol. The molecule has 5 heteroatoms. The molecule has 0 aliphatic heterocycles. The molecule has 176 valence electrons. The van der Waals surface area contributed by atoms with Crippen LogP contribution < -0.4 is 10.1 Å². The van der Waals surface area contributed by atoms with E-state index in [0.717, 1.165) is 57.8 Å². The van der Waals surface area contributed by atoms with Crippen LogP contribution in [0.15, 0.2) is 60.7 Å². The van der Waals surface area contributed by atoms with Crippen molar-refractivity contribution in [2.45, 2.75) is 47.1 Å². The maximum atomic E-state index is 12.7. The SMILES string of the molecule is Cc1ccc(C(=O)NCCc2nc3ccccc3n2CCCOc2cc(C)ccc2C)c(C)c1. The Morgan fingerprint density at radius 1 is 0.941 bits per heavy atom. The van der Waals surface area contributed by atoms with Crippen molar-refractivity contribution in [3.8, 4) is 5.75 Å². The van der Waals surface area contributed by atoms with E-state index in [9.17, 15) is 4.79 Å². The molecule has 0 aliphatic rings. The summed E-state index contributed by atoms with van der Waals surface area (Å²) in [4.78, 5) is 17.5. The molecular formula is C29H33N3O2. The quantitative estimate of drug-likeness (QED) is 0.329. The van der Waals surface area contributed by atoms with Gasteiger partial charge in [-0.3, -0.25) is 4.79 Å². The van der Waals surface area contributed by atoms with Gasteiger partial charge in [-0.25, -0.2) is 4.98 Å². The molecule has 4 rings (SSSR count). The Morgan fingerprint density at radius 2 is 1.71 bits per heavy atom. The lowest BCUT2D eigenvalue weighted by molar-refractivity contribution is 0.0953. The van der Waals surface area contributed by atoms with Crippen LogP contribution in [0.1, 0.15) is 44.9 Å². The molecule has 0 spiro atoms. The van der Waals surface area contributed by atoms with Crippen molar-refractivity contribution in [2.24, 2.45) is 0 Å². The van der Waals surface area contributed by atoms with E-state index in [1.165, 1.54) is 5.56 Å². The molecule has 0 unspecified atom stereocenters. The van der Waals surface area contributed by atoms with Crippen LogP contribution in [0.3, 0.4) is 0 Å². The number of rotatable bonds is 9. The third-order valence-corrected chi connectivity index (χ3v) is 6.12. The number of fused-ring (bicyclic) bond motifs is 1. The minimum atomic E-state index is -0.0397. The highest BCUT2D eigenvalue weighted by molar-refractivity contribution is 5.95. The summed E-state index contributed by atoms with van der Waals surface area (Å²) in [6.45, 7) is 10.1. The van der Waals surface area contributed by atoms with E-state index in [0.29, 0.717) is 19.6 Å². The molecule has 1 aromatic heterocycles. The molecule has 5 nitrogen and oxygen atoms in total. The van der Waals surface area contributed by atoms with E-state index in [1.54, 1.807) is 0 Å². The largest absolute Gasteiger partial charge is 0.493 e. The second-order valence-corrected chi connectivity index (χ2v) is 8.96. The van der Waals surface area contributed by atoms with Gasteiger partial charge in [0.2, 0.25) is 0 Å². The summed E-state index contributed by atoms with van der Waals surface area (Å²) in [7, 11) is 0. The van der Waals surface area contributed by atoms with E-state index in [2.05, 4.69) is 48.0 Å². The monoisotopic (exact) mass is 455 g/mol. The molecule has 1 heterocycles. The highest BCUT2D eigenvalue weighted by Gasteiger charge is 2.13. The van der Waals surface area contributed by atoms with Gasteiger partial charge in [0.05, 0.1) is 17.6 Å². The number of para-hydroxylation sites is 2. The third kappa shape index (κ3) is 5.48. The molecule has 0 bridgehead atoms. The minimum Gasteiger partial charge on any atom is -0.493 e. The number of imidazole rings is 1. The Bertz CT molecular complexity index is 1310. The first-order chi connectivity index (χ1) is 16.4. The predicted molar refractivity (Wildman–Crippen MR) is 138 cm³/mol. The van der Waals surface area contributed by atoms with E-state index >= 15 is 0 Å². The summed E-state index contributed by atoms with van der Waals surface area (Å²) >= 11 is 0. The average molecular weight is 456 g/mol. The summed E-state index contributed by atoms with van der Waals surface area (Å²) in [5.74, 6) is 1.89. The Labute approximate surface area is 201 Å². The van der Waals surface area contributed by atoms with E-state index in [4.69, 9.17) is 9.72 Å². The zero-order chi connectivity index (χ0) is 24.1. The number of aryl methyl sites for hydroxylation is 5. The van der Waals surface area contributed by atoms with Crippen LogP contribution in [0.5, 0.6) is 5.75 Å². The van der Waals surface area contributed by atoms with E-state index < -0.39 is 0 Å². The first kappa shape index (κ1) is 23.6. The predicted octanol–water partition coefficient (Wildman–Crippen LogP) is 5.71. The highest BCUT2D eigenvalue weighted by atomic mass is 16.5. The molecule has 4 aromatic rings. The highest BCUT2D eigenvalue weighted by Crippen LogP contribution is 2.20. The van der Waals surface area contributed by atoms with Gasteiger partial charge in [-0.2, -0.15) is 0 Å². The van der Waals surface area contributed by atoms with Gasteiger partial charge < -0.3 is 14.6 Å². The van der Waals surface area contributed by atoms with Gasteiger partial charge in [-0.05, 0) is 75.1 Å². The van der Waals surface area contributed by atoms with E-state index in [1.807, 2.05) is 50.2 Å². The van der Waals surface area contributed by atoms with Gasteiger partial charge in [-0.15, -0.1) is 0 Å². The van der Waals surface area contributed by atoms with Gasteiger partial charge >= 0.3 is 0 Å². The van der Waals surface area contributed by atoms with Gasteiger partial charge in [0.15, 0.2) is 0 Å². The molecule has 1 N–H and O–H groups in total. The standard InChI is InChI=1S/C29H33N3O2/c1-20-11-13-24(23(4)18-20)29(33)30-15-14-28-31-25-8-5-6-9-26(25)32(28)16-7-17-34-27-19-21(2)10-12-22(27)3/h5-6,8-13,18-19H,7,14-17H2,1-4H3,(H,30,33). The van der Waals surface area contributed by atoms with Gasteiger partial charge in [0.1, 0.15) is 11.6 Å². The fourth-order valence-electron chi connectivity index (χ4n) is 4.28. The average Bonchev–Trinajstić information content (AvgIpc) is 3.16. The molecule has 0 radical (unpaired) electrons. The van der Waals surface area contributed by atoms with Gasteiger partial charge in [0.25, 0.3) is 5.91 Å². The second kappa shape index (κ2) is 10.6. The second-order valence-electron chi connectivity index (χ2n) is 8.96. The Balaban J connectivity index is 1.39. The summed E-state index contributed by atoms with van der Waals surface area (Å²) in [5.41, 5.74) is 7.32. The lowest BCUT2D eigenvalue weighted by Gasteiger charge is -2.13. The van der Waals surface area contributed by atoms with Crippen molar-refractivity contribution in [2.75, 3.05) is 13.2 Å². The van der Waals surface area contributed by atoms with Crippen molar-refractivity contribution < 1.29 is 9.53 Å². The Kier molecular flexibility index (Phi) is 7.31. The maximum Gasteiger partial charge on any atom is 0.251 e. The molecule has 0 aliphatic carbocycles. The summed E-state index contributed by atoms with van der Waals surface area (Å²) < 4.78 is 8.31. The van der Waals surface area contributed by atoms with Gasteiger partial charge in [-0.1, -0.05) is 42.0 Å². The lowest BCUT2D eigenvalue weighted by Crippen LogP contribution is -2.27. The fourth-order valence-corrected chi connectivity index (χ4v) is 4.28. The van der Waals surface area contributed by atoms with Crippen molar-refractivity contribution in [1.29, 1.82) is 0 Å². The smallest absolute Gasteiger partial charge is 0.251 e. The van der Waals surface area contributed by atoms with E-state index in [-0.39, 0.29) is 5.91 Å². The van der Waals surface area contributed by atoms with Crippen LogP contribution in [-0.4, -0.2) is 28.6 Å². The molecule has 0 atom stereocenters. The number of ether oxygens (including phenoxy) is 1. The van der Waals surface area contributed by atoms with Crippen LogP contribution >= 0.6 is 0 Å². The van der Waals surface area contributed by atoms with Crippen molar-refractivity contribution in [3.05, 3.63) is 94.3 Å². The van der Waals surface area contributed by atoms with Gasteiger partial charge in [0, 0.05) is 25.1 Å². The first-order valence-electron chi connectivity index (χ1n) is 11.9. The van der Waals surface area contributed by atoms with Crippen LogP contribution in [-0.2, 0) is 13.0 Å². The molecule has 0 fully saturated rings. The van der Waals surface area contributed by atoms with Crippen LogP contribution in [0.4, 0.5) is 0 Å². The number of carbonyl (C=O) groups is 1. The number of nitrogens with one attached hydrogen (secondary N) is 1. The number of carbonyl (C=O) groups excluding carboxylic acids is 1. The summed E-state index contributed by atoms with van der Waals surface area (Å²) in [5, 5.41) is 3.06. The molecule has 0 saturated heterocycles. The minimum absolute atomic E-state index is 0.0397. The molecule has 34 heavy (non-hydrogen) atoms. The molecule has 1 amide bonds. The topological polar surface area (TPSA) is 56.2 Å². The van der Waals surface area contributed by atoms with Crippen LogP contribution in [0.2, 0.25) is 0 Å². The van der Waals surface area contributed by atoms with Crippen LogP contribution in [0.25, 0.3) is 11.0 Å². The zero-order valence-corrected chi connectivity index (χ0v) is 20.5. The zero-order valence-electron chi connectivity index (χ0n) is 20.5. The number of hydrogen-bond donors (Lipinski definition) is 1. The molecule has 0 saturated carbocycles. The maximum absolute atomic E-state index is 12.7. The Hall–Kier alpha value is -3.60. The van der Waals surface area contributed by atoms with Crippen molar-refractivity contribution >= 4 is 16.9 Å². The third-order valence-electron chi connectivity index (χ3n) is 6.12. The Morgan fingerprint density at radius 3 is 2.53 bits per heavy atom. The molecule has 3 aromatic carbocycles. The fraction of sp³-hybridized carbons (Fsp3) is 0.310. The number of aromatic nitrogens is 2. The normalized spacial score (nSPS) is 11.1. The summed E-state index contributed by atoms with van der Waals surface area (Å²) in [6.07, 6.45) is 1.54. The first-order valence-corrected chi connectivity index (χ1v) is 11.9. The number of benzene rings is 3. The van der Waals surface area contributed by atoms with Crippen LogP contribution in [0, 0.1) is 27.7 Å². The summed E-state index contributed by atoms with van der Waals surface area (Å²) in [6, 6.07) is 20.4. The number of amides is 1.